The molecular formula is C5H6CaCl3N2O3+. The van der Waals surface area contributed by atoms with Gasteiger partial charge in [-0.1, -0.05) is 0 Å². The van der Waals surface area contributed by atoms with Gasteiger partial charge in [0.05, 0.1) is 0 Å². The SMILES string of the molecule is CC1(C)C(=O)N(Cl)C(=O)N1Cl.[Ca+2].[O-]Cl. The van der Waals surface area contributed by atoms with Crippen molar-refractivity contribution >= 4 is 85.1 Å². The second kappa shape index (κ2) is 6.58. The van der Waals surface area contributed by atoms with Crippen LogP contribution in [0.5, 0.6) is 0 Å². The summed E-state index contributed by atoms with van der Waals surface area (Å²) in [6.45, 7) is 3.03. The summed E-state index contributed by atoms with van der Waals surface area (Å²) < 4.78 is 8.98. The van der Waals surface area contributed by atoms with E-state index in [0.29, 0.717) is 4.42 Å². The number of rotatable bonds is 0. The van der Waals surface area contributed by atoms with Crippen LogP contribution in [0.4, 0.5) is 4.79 Å². The van der Waals surface area contributed by atoms with Gasteiger partial charge in [0, 0.05) is 23.6 Å². The van der Waals surface area contributed by atoms with Gasteiger partial charge >= 0.3 is 43.8 Å². The third kappa shape index (κ3) is 3.01. The first kappa shape index (κ1) is 17.4. The Morgan fingerprint density at radius 1 is 1.21 bits per heavy atom. The Bertz CT molecular complexity index is 238. The average molecular weight is 289 g/mol. The molecule has 0 aromatic heterocycles. The van der Waals surface area contributed by atoms with Crippen molar-refractivity contribution in [3.05, 3.63) is 0 Å². The summed E-state index contributed by atoms with van der Waals surface area (Å²) in [5, 5.41) is 0. The van der Waals surface area contributed by atoms with Crippen molar-refractivity contribution in [2.24, 2.45) is 0 Å². The summed E-state index contributed by atoms with van der Waals surface area (Å²) in [4.78, 5) is 22.0. The minimum atomic E-state index is -1.04. The van der Waals surface area contributed by atoms with E-state index in [1.54, 1.807) is 0 Å². The molecule has 0 unspecified atom stereocenters. The van der Waals surface area contributed by atoms with Crippen LogP contribution in [-0.2, 0) is 4.79 Å². The molecule has 76 valence electrons. The first-order valence-electron chi connectivity index (χ1n) is 3.05. The zero-order chi connectivity index (χ0) is 10.8. The maximum absolute atomic E-state index is 11.1. The number of nitrogens with zero attached hydrogens (tertiary/aromatic N) is 2. The van der Waals surface area contributed by atoms with Crippen molar-refractivity contribution in [1.82, 2.24) is 8.84 Å². The Morgan fingerprint density at radius 2 is 1.57 bits per heavy atom. The number of amides is 3. The minimum Gasteiger partial charge on any atom is -0.769 e. The van der Waals surface area contributed by atoms with Gasteiger partial charge in [-0.3, -0.25) is 4.79 Å². The number of halogens is 3. The second-order valence-electron chi connectivity index (χ2n) is 2.71. The molecule has 0 aromatic carbocycles. The summed E-state index contributed by atoms with van der Waals surface area (Å²) in [5.74, 6) is -0.515. The topological polar surface area (TPSA) is 63.7 Å². The van der Waals surface area contributed by atoms with Gasteiger partial charge in [-0.15, -0.1) is 0 Å². The standard InChI is InChI=1S/C5H6Cl2N2O2.Ca.ClO/c1-5(2)3(10)8(6)4(11)9(5)7;;1-2/h1-2H3;;/q;+2;-1. The van der Waals surface area contributed by atoms with Crippen molar-refractivity contribution in [2.45, 2.75) is 19.4 Å². The Hall–Kier alpha value is 1.03. The monoisotopic (exact) mass is 287 g/mol. The van der Waals surface area contributed by atoms with Gasteiger partial charge in [0.2, 0.25) is 0 Å². The summed E-state index contributed by atoms with van der Waals surface area (Å²) >= 11 is 14.2. The molecule has 9 heteroatoms. The third-order valence-electron chi connectivity index (χ3n) is 1.53. The predicted octanol–water partition coefficient (Wildman–Crippen LogP) is 0.456. The second-order valence-corrected chi connectivity index (χ2v) is 3.38. The first-order chi connectivity index (χ1) is 5.89. The minimum absolute atomic E-state index is 0. The molecule has 0 bridgehead atoms. The molecule has 3 amide bonds. The molecule has 0 atom stereocenters. The van der Waals surface area contributed by atoms with Crippen LogP contribution in [0.25, 0.3) is 0 Å². The van der Waals surface area contributed by atoms with E-state index in [9.17, 15) is 9.59 Å². The van der Waals surface area contributed by atoms with Crippen LogP contribution < -0.4 is 4.66 Å². The molecule has 5 nitrogen and oxygen atoms in total. The summed E-state index contributed by atoms with van der Waals surface area (Å²) in [6.07, 6.45) is 0. The maximum Gasteiger partial charge on any atom is 2.00 e. The van der Waals surface area contributed by atoms with Crippen molar-refractivity contribution in [3.8, 4) is 0 Å². The fraction of sp³-hybridized carbons (Fsp3) is 0.600. The molecule has 14 heavy (non-hydrogen) atoms. The van der Waals surface area contributed by atoms with E-state index in [4.69, 9.17) is 28.2 Å². The van der Waals surface area contributed by atoms with Crippen LogP contribution in [-0.4, -0.2) is 64.1 Å². The van der Waals surface area contributed by atoms with Crippen LogP contribution >= 0.6 is 35.4 Å². The summed E-state index contributed by atoms with van der Waals surface area (Å²) in [5.41, 5.74) is -1.04. The Morgan fingerprint density at radius 3 is 1.64 bits per heavy atom. The summed E-state index contributed by atoms with van der Waals surface area (Å²) in [7, 11) is 0. The number of hydrogen-bond donors (Lipinski definition) is 0. The number of carbonyl (C=O) groups excluding carboxylic acids is 2. The van der Waals surface area contributed by atoms with Gasteiger partial charge in [0.1, 0.15) is 5.54 Å². The molecule has 1 heterocycles. The van der Waals surface area contributed by atoms with Crippen LogP contribution in [0.15, 0.2) is 0 Å². The largest absolute Gasteiger partial charge is 2.00 e. The van der Waals surface area contributed by atoms with Crippen molar-refractivity contribution in [3.63, 3.8) is 0 Å². The molecule has 1 aliphatic rings. The maximum atomic E-state index is 11.1. The van der Waals surface area contributed by atoms with E-state index in [1.165, 1.54) is 13.8 Å². The molecule has 0 spiro atoms. The van der Waals surface area contributed by atoms with Crippen molar-refractivity contribution in [1.29, 1.82) is 0 Å². The van der Waals surface area contributed by atoms with Crippen LogP contribution in [0.3, 0.4) is 0 Å². The normalized spacial score (nSPS) is 18.7. The van der Waals surface area contributed by atoms with Gasteiger partial charge in [0.25, 0.3) is 5.91 Å². The third-order valence-corrected chi connectivity index (χ3v) is 2.39. The van der Waals surface area contributed by atoms with E-state index in [2.05, 4.69) is 11.9 Å². The fourth-order valence-corrected chi connectivity index (χ4v) is 1.20. The van der Waals surface area contributed by atoms with Crippen LogP contribution in [0, 0.1) is 0 Å². The molecule has 1 saturated heterocycles. The Labute approximate surface area is 126 Å². The predicted molar refractivity (Wildman–Crippen MR) is 51.5 cm³/mol. The van der Waals surface area contributed by atoms with E-state index in [0.717, 1.165) is 4.42 Å². The quantitative estimate of drug-likeness (QED) is 0.369. The molecule has 0 aliphatic carbocycles. The number of hydrogen-bond acceptors (Lipinski definition) is 3. The smallest absolute Gasteiger partial charge is 0.769 e. The zero-order valence-corrected chi connectivity index (χ0v) is 11.9. The fourth-order valence-electron chi connectivity index (χ4n) is 0.727. The Balaban J connectivity index is 0. The molecule has 1 fully saturated rings. The van der Waals surface area contributed by atoms with Crippen LogP contribution in [0.1, 0.15) is 13.8 Å². The molecule has 0 aromatic rings. The molecule has 1 aliphatic heterocycles. The van der Waals surface area contributed by atoms with E-state index in [-0.39, 0.29) is 37.7 Å². The number of urea groups is 1. The molecule has 1 rings (SSSR count). The molecule has 0 saturated carbocycles. The van der Waals surface area contributed by atoms with Crippen molar-refractivity contribution < 1.29 is 14.2 Å². The average Bonchev–Trinajstić information content (AvgIpc) is 2.25. The number of imide groups is 1. The van der Waals surface area contributed by atoms with Gasteiger partial charge in [-0.25, -0.2) is 21.1 Å². The van der Waals surface area contributed by atoms with E-state index in [1.807, 2.05) is 0 Å². The van der Waals surface area contributed by atoms with Gasteiger partial charge < -0.3 is 4.66 Å². The molecule has 0 N–H and O–H groups in total. The molecule has 0 radical (unpaired) electrons. The molecular weight excluding hydrogens is 283 g/mol. The summed E-state index contributed by atoms with van der Waals surface area (Å²) in [6, 6.07) is -0.705. The van der Waals surface area contributed by atoms with E-state index < -0.39 is 17.5 Å². The Kier molecular flexibility index (Phi) is 8.19. The van der Waals surface area contributed by atoms with Crippen molar-refractivity contribution in [2.75, 3.05) is 0 Å². The van der Waals surface area contributed by atoms with Gasteiger partial charge in [-0.2, -0.15) is 4.42 Å². The van der Waals surface area contributed by atoms with E-state index >= 15 is 0 Å². The van der Waals surface area contributed by atoms with Crippen LogP contribution in [0.2, 0.25) is 0 Å². The van der Waals surface area contributed by atoms with Gasteiger partial charge in [-0.05, 0) is 13.8 Å². The first-order valence-corrected chi connectivity index (χ1v) is 4.03. The number of carbonyl (C=O) groups is 2. The van der Waals surface area contributed by atoms with Gasteiger partial charge in [0.15, 0.2) is 0 Å². The zero-order valence-electron chi connectivity index (χ0n) is 7.46.